The van der Waals surface area contributed by atoms with E-state index in [4.69, 9.17) is 21.1 Å². The van der Waals surface area contributed by atoms with E-state index in [9.17, 15) is 4.79 Å². The SMILES string of the molecule is COc1cc(CNC(=O)CCCCl)ccc1OCCN(C)C. The Morgan fingerprint density at radius 2 is 2.09 bits per heavy atom. The number of hydrogen-bond acceptors (Lipinski definition) is 4. The minimum Gasteiger partial charge on any atom is -0.493 e. The number of ether oxygens (including phenoxy) is 2. The zero-order chi connectivity index (χ0) is 16.4. The Bertz CT molecular complexity index is 467. The number of nitrogens with zero attached hydrogens (tertiary/aromatic N) is 1. The molecule has 0 radical (unpaired) electrons. The first-order chi connectivity index (χ1) is 10.6. The number of methoxy groups -OCH3 is 1. The number of rotatable bonds is 10. The number of hydrogen-bond donors (Lipinski definition) is 1. The largest absolute Gasteiger partial charge is 0.493 e. The van der Waals surface area contributed by atoms with Gasteiger partial charge in [0.1, 0.15) is 6.61 Å². The Kier molecular flexibility index (Phi) is 8.70. The molecule has 0 atom stereocenters. The molecule has 0 spiro atoms. The summed E-state index contributed by atoms with van der Waals surface area (Å²) < 4.78 is 11.1. The molecule has 0 bridgehead atoms. The second-order valence-corrected chi connectivity index (χ2v) is 5.58. The normalized spacial score (nSPS) is 10.6. The van der Waals surface area contributed by atoms with Crippen molar-refractivity contribution >= 4 is 17.5 Å². The fraction of sp³-hybridized carbons (Fsp3) is 0.562. The molecule has 0 heterocycles. The summed E-state index contributed by atoms with van der Waals surface area (Å²) in [6, 6.07) is 5.68. The predicted octanol–water partition coefficient (Wildman–Crippen LogP) is 2.27. The van der Waals surface area contributed by atoms with Crippen LogP contribution in [0.25, 0.3) is 0 Å². The van der Waals surface area contributed by atoms with E-state index in [-0.39, 0.29) is 5.91 Å². The molecular formula is C16H25ClN2O3. The molecule has 1 N–H and O–H groups in total. The lowest BCUT2D eigenvalue weighted by Gasteiger charge is -2.14. The summed E-state index contributed by atoms with van der Waals surface area (Å²) >= 11 is 5.57. The van der Waals surface area contributed by atoms with Crippen LogP contribution >= 0.6 is 11.6 Å². The molecule has 1 rings (SSSR count). The lowest BCUT2D eigenvalue weighted by molar-refractivity contribution is -0.121. The van der Waals surface area contributed by atoms with Crippen LogP contribution in [0.15, 0.2) is 18.2 Å². The summed E-state index contributed by atoms with van der Waals surface area (Å²) in [6.45, 7) is 1.90. The topological polar surface area (TPSA) is 50.8 Å². The highest BCUT2D eigenvalue weighted by Crippen LogP contribution is 2.28. The number of carbonyl (C=O) groups is 1. The number of amides is 1. The maximum Gasteiger partial charge on any atom is 0.220 e. The molecule has 0 saturated carbocycles. The fourth-order valence-electron chi connectivity index (χ4n) is 1.80. The molecule has 22 heavy (non-hydrogen) atoms. The van der Waals surface area contributed by atoms with Gasteiger partial charge in [0, 0.05) is 25.4 Å². The van der Waals surface area contributed by atoms with E-state index in [1.807, 2.05) is 32.3 Å². The van der Waals surface area contributed by atoms with Gasteiger partial charge in [-0.1, -0.05) is 6.07 Å². The van der Waals surface area contributed by atoms with Crippen LogP contribution < -0.4 is 14.8 Å². The number of halogens is 1. The monoisotopic (exact) mass is 328 g/mol. The van der Waals surface area contributed by atoms with Crippen LogP contribution in [0.4, 0.5) is 0 Å². The highest BCUT2D eigenvalue weighted by atomic mass is 35.5. The average molecular weight is 329 g/mol. The quantitative estimate of drug-likeness (QED) is 0.669. The van der Waals surface area contributed by atoms with Gasteiger partial charge in [0.15, 0.2) is 11.5 Å². The van der Waals surface area contributed by atoms with Crippen LogP contribution in [0, 0.1) is 0 Å². The van der Waals surface area contributed by atoms with Crippen molar-refractivity contribution in [3.8, 4) is 11.5 Å². The Balaban J connectivity index is 2.54. The van der Waals surface area contributed by atoms with Gasteiger partial charge in [0.05, 0.1) is 7.11 Å². The van der Waals surface area contributed by atoms with E-state index in [2.05, 4.69) is 10.2 Å². The van der Waals surface area contributed by atoms with Crippen LogP contribution in [0.5, 0.6) is 11.5 Å². The molecular weight excluding hydrogens is 304 g/mol. The third-order valence-corrected chi connectivity index (χ3v) is 3.32. The molecule has 6 heteroatoms. The second kappa shape index (κ2) is 10.3. The Morgan fingerprint density at radius 3 is 2.73 bits per heavy atom. The summed E-state index contributed by atoms with van der Waals surface area (Å²) in [4.78, 5) is 13.6. The molecule has 0 aromatic heterocycles. The van der Waals surface area contributed by atoms with E-state index < -0.39 is 0 Å². The fourth-order valence-corrected chi connectivity index (χ4v) is 1.93. The van der Waals surface area contributed by atoms with Crippen molar-refractivity contribution in [2.24, 2.45) is 0 Å². The van der Waals surface area contributed by atoms with Gasteiger partial charge in [-0.15, -0.1) is 11.6 Å². The van der Waals surface area contributed by atoms with E-state index in [1.54, 1.807) is 7.11 Å². The zero-order valence-electron chi connectivity index (χ0n) is 13.5. The summed E-state index contributed by atoms with van der Waals surface area (Å²) in [5.41, 5.74) is 0.969. The van der Waals surface area contributed by atoms with E-state index >= 15 is 0 Å². The molecule has 0 fully saturated rings. The van der Waals surface area contributed by atoms with Gasteiger partial charge in [0.25, 0.3) is 0 Å². The second-order valence-electron chi connectivity index (χ2n) is 5.21. The van der Waals surface area contributed by atoms with Gasteiger partial charge < -0.3 is 19.7 Å². The number of nitrogens with one attached hydrogen (secondary N) is 1. The first-order valence-electron chi connectivity index (χ1n) is 7.34. The average Bonchev–Trinajstić information content (AvgIpc) is 2.51. The van der Waals surface area contributed by atoms with Crippen molar-refractivity contribution in [2.75, 3.05) is 40.2 Å². The summed E-state index contributed by atoms with van der Waals surface area (Å²) in [7, 11) is 5.60. The molecule has 0 aliphatic heterocycles. The molecule has 0 aliphatic carbocycles. The molecule has 0 saturated heterocycles. The highest BCUT2D eigenvalue weighted by Gasteiger charge is 2.07. The van der Waals surface area contributed by atoms with Crippen molar-refractivity contribution in [1.29, 1.82) is 0 Å². The van der Waals surface area contributed by atoms with Crippen molar-refractivity contribution in [2.45, 2.75) is 19.4 Å². The van der Waals surface area contributed by atoms with Crippen LogP contribution in [-0.4, -0.2) is 51.0 Å². The molecule has 124 valence electrons. The van der Waals surface area contributed by atoms with Gasteiger partial charge in [-0.25, -0.2) is 0 Å². The molecule has 1 amide bonds. The lowest BCUT2D eigenvalue weighted by Crippen LogP contribution is -2.22. The van der Waals surface area contributed by atoms with Gasteiger partial charge in [-0.2, -0.15) is 0 Å². The lowest BCUT2D eigenvalue weighted by atomic mass is 10.2. The maximum atomic E-state index is 11.6. The summed E-state index contributed by atoms with van der Waals surface area (Å²) in [5, 5.41) is 2.86. The minimum absolute atomic E-state index is 0.00549. The zero-order valence-corrected chi connectivity index (χ0v) is 14.3. The number of benzene rings is 1. The van der Waals surface area contributed by atoms with Crippen LogP contribution in [-0.2, 0) is 11.3 Å². The van der Waals surface area contributed by atoms with Gasteiger partial charge >= 0.3 is 0 Å². The van der Waals surface area contributed by atoms with Gasteiger partial charge in [-0.05, 0) is 38.2 Å². The third-order valence-electron chi connectivity index (χ3n) is 3.05. The van der Waals surface area contributed by atoms with Gasteiger partial charge in [0.2, 0.25) is 5.91 Å². The standard InChI is InChI=1S/C16H25ClN2O3/c1-19(2)9-10-22-14-7-6-13(11-15(14)21-3)12-18-16(20)5-4-8-17/h6-7,11H,4-5,8-10,12H2,1-3H3,(H,18,20). The maximum absolute atomic E-state index is 11.6. The highest BCUT2D eigenvalue weighted by molar-refractivity contribution is 6.17. The van der Waals surface area contributed by atoms with Gasteiger partial charge in [-0.3, -0.25) is 4.79 Å². The van der Waals surface area contributed by atoms with Crippen molar-refractivity contribution in [3.63, 3.8) is 0 Å². The Morgan fingerprint density at radius 1 is 1.32 bits per heavy atom. The van der Waals surface area contributed by atoms with E-state index in [0.717, 1.165) is 12.1 Å². The molecule has 5 nitrogen and oxygen atoms in total. The summed E-state index contributed by atoms with van der Waals surface area (Å²) in [5.74, 6) is 1.89. The first kappa shape index (κ1) is 18.6. The Labute approximate surface area is 137 Å². The third kappa shape index (κ3) is 7.00. The number of carbonyl (C=O) groups excluding carboxylic acids is 1. The van der Waals surface area contributed by atoms with Crippen LogP contribution in [0.1, 0.15) is 18.4 Å². The predicted molar refractivity (Wildman–Crippen MR) is 88.8 cm³/mol. The van der Waals surface area contributed by atoms with Crippen LogP contribution in [0.2, 0.25) is 0 Å². The first-order valence-corrected chi connectivity index (χ1v) is 7.87. The minimum atomic E-state index is 0.00549. The molecule has 1 aromatic carbocycles. The Hall–Kier alpha value is -1.46. The molecule has 1 aromatic rings. The number of likely N-dealkylation sites (N-methyl/N-ethyl adjacent to an activating group) is 1. The van der Waals surface area contributed by atoms with Crippen LogP contribution in [0.3, 0.4) is 0 Å². The van der Waals surface area contributed by atoms with E-state index in [0.29, 0.717) is 43.4 Å². The van der Waals surface area contributed by atoms with Crippen molar-refractivity contribution < 1.29 is 14.3 Å². The van der Waals surface area contributed by atoms with Crippen molar-refractivity contribution in [3.05, 3.63) is 23.8 Å². The molecule has 0 unspecified atom stereocenters. The van der Waals surface area contributed by atoms with Crippen molar-refractivity contribution in [1.82, 2.24) is 10.2 Å². The molecule has 0 aliphatic rings. The van der Waals surface area contributed by atoms with E-state index in [1.165, 1.54) is 0 Å². The summed E-state index contributed by atoms with van der Waals surface area (Å²) in [6.07, 6.45) is 1.14. The smallest absolute Gasteiger partial charge is 0.220 e. The number of alkyl halides is 1.